The number of allylic oxidation sites excluding steroid dienone is 4. The number of hydrogen-bond acceptors (Lipinski definition) is 4. The standard InChI is InChI=1S/C32H42N4S/c1-8-12-30(25-19-27(37-7)21-33-20-25)35-31(13-9-2)28(11-4)29-22-34-36(32(29)18-23(5)10-3)26-16-14-24(6)15-17-26/h11,13-22,30,35H,8-10,12H2,1-7H3/b23-18+,28-11+,31-13+. The van der Waals surface area contributed by atoms with E-state index in [-0.39, 0.29) is 6.04 Å². The number of pyridine rings is 1. The van der Waals surface area contributed by atoms with Gasteiger partial charge in [-0.2, -0.15) is 5.10 Å². The van der Waals surface area contributed by atoms with E-state index in [2.05, 4.69) is 111 Å². The third-order valence-corrected chi connectivity index (χ3v) is 7.28. The first-order valence-corrected chi connectivity index (χ1v) is 14.6. The molecular formula is C32H42N4S. The first-order chi connectivity index (χ1) is 17.9. The summed E-state index contributed by atoms with van der Waals surface area (Å²) < 4.78 is 2.07. The summed E-state index contributed by atoms with van der Waals surface area (Å²) in [6, 6.07) is 11.0. The van der Waals surface area contributed by atoms with E-state index in [4.69, 9.17) is 5.10 Å². The van der Waals surface area contributed by atoms with Crippen molar-refractivity contribution in [1.29, 1.82) is 0 Å². The second-order valence-corrected chi connectivity index (χ2v) is 10.3. The van der Waals surface area contributed by atoms with Crippen molar-refractivity contribution in [2.75, 3.05) is 6.26 Å². The lowest BCUT2D eigenvalue weighted by atomic mass is 9.97. The van der Waals surface area contributed by atoms with Crippen molar-refractivity contribution in [1.82, 2.24) is 20.1 Å². The molecule has 37 heavy (non-hydrogen) atoms. The molecular weight excluding hydrogens is 472 g/mol. The predicted molar refractivity (Wildman–Crippen MR) is 161 cm³/mol. The van der Waals surface area contributed by atoms with Crippen molar-refractivity contribution in [3.63, 3.8) is 0 Å². The van der Waals surface area contributed by atoms with Gasteiger partial charge in [0.25, 0.3) is 0 Å². The highest BCUT2D eigenvalue weighted by atomic mass is 32.2. The molecule has 1 unspecified atom stereocenters. The molecule has 4 nitrogen and oxygen atoms in total. The van der Waals surface area contributed by atoms with Crippen molar-refractivity contribution in [2.45, 2.75) is 78.2 Å². The fourth-order valence-electron chi connectivity index (χ4n) is 4.37. The zero-order valence-corrected chi connectivity index (χ0v) is 24.3. The smallest absolute Gasteiger partial charge is 0.0747 e. The molecule has 1 atom stereocenters. The Bertz CT molecular complexity index is 1250. The van der Waals surface area contributed by atoms with Crippen LogP contribution in [0.1, 0.15) is 88.7 Å². The van der Waals surface area contributed by atoms with Gasteiger partial charge in [0, 0.05) is 34.1 Å². The Morgan fingerprint density at radius 3 is 2.49 bits per heavy atom. The van der Waals surface area contributed by atoms with Crippen molar-refractivity contribution >= 4 is 23.4 Å². The van der Waals surface area contributed by atoms with E-state index in [0.29, 0.717) is 0 Å². The average molecular weight is 515 g/mol. The largest absolute Gasteiger partial charge is 0.378 e. The minimum absolute atomic E-state index is 0.181. The van der Waals surface area contributed by atoms with Gasteiger partial charge < -0.3 is 5.32 Å². The Morgan fingerprint density at radius 1 is 1.11 bits per heavy atom. The highest BCUT2D eigenvalue weighted by molar-refractivity contribution is 7.98. The fraction of sp³-hybridized carbons (Fsp3) is 0.375. The second kappa shape index (κ2) is 14.0. The molecule has 0 saturated heterocycles. The van der Waals surface area contributed by atoms with Crippen molar-refractivity contribution in [3.8, 4) is 5.69 Å². The lowest BCUT2D eigenvalue weighted by Crippen LogP contribution is -2.22. The Morgan fingerprint density at radius 2 is 1.86 bits per heavy atom. The molecule has 0 radical (unpaired) electrons. The number of nitrogens with one attached hydrogen (secondary N) is 1. The van der Waals surface area contributed by atoms with E-state index in [1.54, 1.807) is 11.8 Å². The van der Waals surface area contributed by atoms with Crippen LogP contribution in [0.4, 0.5) is 0 Å². The second-order valence-electron chi connectivity index (χ2n) is 9.41. The van der Waals surface area contributed by atoms with E-state index in [9.17, 15) is 0 Å². The first-order valence-electron chi connectivity index (χ1n) is 13.4. The third-order valence-electron chi connectivity index (χ3n) is 6.58. The number of hydrogen-bond donors (Lipinski definition) is 1. The molecule has 196 valence electrons. The molecule has 1 aromatic carbocycles. The van der Waals surface area contributed by atoms with Gasteiger partial charge in [-0.15, -0.1) is 11.8 Å². The molecule has 1 N–H and O–H groups in total. The maximum absolute atomic E-state index is 4.87. The zero-order valence-electron chi connectivity index (χ0n) is 23.5. The summed E-state index contributed by atoms with van der Waals surface area (Å²) >= 11 is 1.73. The highest BCUT2D eigenvalue weighted by Crippen LogP contribution is 2.32. The van der Waals surface area contributed by atoms with Crippen LogP contribution >= 0.6 is 11.8 Å². The van der Waals surface area contributed by atoms with Crippen LogP contribution in [0.2, 0.25) is 0 Å². The molecule has 3 rings (SSSR count). The molecule has 3 aromatic rings. The van der Waals surface area contributed by atoms with Crippen LogP contribution in [0.5, 0.6) is 0 Å². The van der Waals surface area contributed by atoms with E-state index >= 15 is 0 Å². The molecule has 0 bridgehead atoms. The molecule has 0 aliphatic heterocycles. The van der Waals surface area contributed by atoms with Crippen LogP contribution in [0, 0.1) is 6.92 Å². The quantitative estimate of drug-likeness (QED) is 0.193. The van der Waals surface area contributed by atoms with E-state index in [1.165, 1.54) is 27.2 Å². The predicted octanol–water partition coefficient (Wildman–Crippen LogP) is 8.94. The van der Waals surface area contributed by atoms with Crippen molar-refractivity contribution in [3.05, 3.63) is 94.7 Å². The van der Waals surface area contributed by atoms with Crippen LogP contribution in [0.15, 0.2) is 77.2 Å². The number of nitrogens with zero attached hydrogens (tertiary/aromatic N) is 3. The third kappa shape index (κ3) is 7.26. The molecule has 2 heterocycles. The zero-order chi connectivity index (χ0) is 26.8. The summed E-state index contributed by atoms with van der Waals surface area (Å²) in [7, 11) is 0. The summed E-state index contributed by atoms with van der Waals surface area (Å²) in [6.07, 6.45) is 18.9. The Balaban J connectivity index is 2.09. The van der Waals surface area contributed by atoms with Gasteiger partial charge >= 0.3 is 0 Å². The molecule has 0 amide bonds. The molecule has 2 aromatic heterocycles. The van der Waals surface area contributed by atoms with Crippen LogP contribution in [-0.4, -0.2) is 21.0 Å². The molecule has 0 aliphatic rings. The lowest BCUT2D eigenvalue weighted by Gasteiger charge is -2.24. The van der Waals surface area contributed by atoms with E-state index < -0.39 is 0 Å². The van der Waals surface area contributed by atoms with Crippen LogP contribution in [0.25, 0.3) is 17.3 Å². The van der Waals surface area contributed by atoms with Gasteiger partial charge in [-0.25, -0.2) is 4.68 Å². The maximum Gasteiger partial charge on any atom is 0.0747 e. The summed E-state index contributed by atoms with van der Waals surface area (Å²) in [5.74, 6) is 0. The fourth-order valence-corrected chi connectivity index (χ4v) is 4.79. The lowest BCUT2D eigenvalue weighted by molar-refractivity contribution is 0.548. The van der Waals surface area contributed by atoms with Crippen molar-refractivity contribution < 1.29 is 0 Å². The molecule has 5 heteroatoms. The highest BCUT2D eigenvalue weighted by Gasteiger charge is 2.20. The Labute approximate surface area is 228 Å². The summed E-state index contributed by atoms with van der Waals surface area (Å²) in [5, 5.41) is 8.78. The van der Waals surface area contributed by atoms with Crippen molar-refractivity contribution in [2.24, 2.45) is 0 Å². The monoisotopic (exact) mass is 514 g/mol. The summed E-state index contributed by atoms with van der Waals surface area (Å²) in [5.41, 5.74) is 9.42. The van der Waals surface area contributed by atoms with Crippen LogP contribution in [-0.2, 0) is 0 Å². The Hall–Kier alpha value is -3.05. The van der Waals surface area contributed by atoms with Gasteiger partial charge in [0.05, 0.1) is 23.6 Å². The SMILES string of the molecule is C/C=C(/C(=C\CC)NC(CCC)c1cncc(SC)c1)c1cnn(-c2ccc(C)cc2)c1/C=C(\C)CC. The van der Waals surface area contributed by atoms with Gasteiger partial charge in [-0.05, 0) is 76.1 Å². The van der Waals surface area contributed by atoms with Gasteiger partial charge in [-0.3, -0.25) is 4.98 Å². The minimum atomic E-state index is 0.181. The van der Waals surface area contributed by atoms with Gasteiger partial charge in [0.2, 0.25) is 0 Å². The molecule has 0 spiro atoms. The molecule has 0 saturated carbocycles. The molecule has 0 fully saturated rings. The molecule has 0 aliphatic carbocycles. The van der Waals surface area contributed by atoms with Crippen LogP contribution < -0.4 is 5.32 Å². The van der Waals surface area contributed by atoms with Gasteiger partial charge in [0.1, 0.15) is 0 Å². The normalized spacial score (nSPS) is 13.6. The Kier molecular flexibility index (Phi) is 10.8. The summed E-state index contributed by atoms with van der Waals surface area (Å²) in [4.78, 5) is 5.71. The maximum atomic E-state index is 4.87. The van der Waals surface area contributed by atoms with Gasteiger partial charge in [-0.1, -0.05) is 62.6 Å². The average Bonchev–Trinajstić information content (AvgIpc) is 3.32. The number of aryl methyl sites for hydroxylation is 1. The number of rotatable bonds is 12. The van der Waals surface area contributed by atoms with Crippen LogP contribution in [0.3, 0.4) is 0 Å². The number of benzene rings is 1. The van der Waals surface area contributed by atoms with Gasteiger partial charge in [0.15, 0.2) is 0 Å². The van der Waals surface area contributed by atoms with E-state index in [0.717, 1.165) is 48.3 Å². The first kappa shape index (κ1) is 28.5. The number of thioether (sulfide) groups is 1. The number of aromatic nitrogens is 3. The minimum Gasteiger partial charge on any atom is -0.378 e. The topological polar surface area (TPSA) is 42.7 Å². The summed E-state index contributed by atoms with van der Waals surface area (Å²) in [6.45, 7) is 13.1. The van der Waals surface area contributed by atoms with E-state index in [1.807, 2.05) is 18.6 Å².